The number of hydrogen-bond acceptors (Lipinski definition) is 3. The molecule has 4 nitrogen and oxygen atoms in total. The zero-order valence-corrected chi connectivity index (χ0v) is 17.2. The zero-order valence-electron chi connectivity index (χ0n) is 16.4. The van der Waals surface area contributed by atoms with Crippen molar-refractivity contribution in [2.45, 2.75) is 45.8 Å². The number of amides is 1. The van der Waals surface area contributed by atoms with Gasteiger partial charge in [0.05, 0.1) is 11.3 Å². The van der Waals surface area contributed by atoms with E-state index in [0.29, 0.717) is 29.5 Å². The number of carbonyl (C=O) groups excluding carboxylic acids is 1. The predicted octanol–water partition coefficient (Wildman–Crippen LogP) is 4.87. The lowest BCUT2D eigenvalue weighted by Gasteiger charge is -2.33. The van der Waals surface area contributed by atoms with E-state index in [1.54, 1.807) is 7.11 Å². The molecule has 0 aliphatic carbocycles. The van der Waals surface area contributed by atoms with Crippen LogP contribution >= 0.6 is 10.3 Å². The van der Waals surface area contributed by atoms with Gasteiger partial charge >= 0.3 is 0 Å². The third-order valence-electron chi connectivity index (χ3n) is 4.01. The van der Waals surface area contributed by atoms with Crippen molar-refractivity contribution in [1.29, 1.82) is 5.26 Å². The molecule has 142 valence electrons. The standard InChI is InChI=1S/C11H9FN2O.C6H16OS.C2H6/c12-9-4-3-8(7-13)10(6-9)14-5-1-2-11(14)15;1-6(2)8(4,5)7-3;1-2/h3-4,6H,1-2,5H2;6H,1-5H3;1-2H3. The van der Waals surface area contributed by atoms with Gasteiger partial charge < -0.3 is 9.08 Å². The van der Waals surface area contributed by atoms with Crippen molar-refractivity contribution < 1.29 is 13.4 Å². The maximum Gasteiger partial charge on any atom is 0.227 e. The molecule has 1 aliphatic rings. The van der Waals surface area contributed by atoms with E-state index in [0.717, 1.165) is 6.42 Å². The minimum absolute atomic E-state index is 0.0444. The summed E-state index contributed by atoms with van der Waals surface area (Å²) in [5.74, 6) is -0.471. The molecule has 1 heterocycles. The second kappa shape index (κ2) is 11.1. The molecule has 0 N–H and O–H groups in total. The number of rotatable bonds is 3. The van der Waals surface area contributed by atoms with Gasteiger partial charge in [0, 0.05) is 25.3 Å². The van der Waals surface area contributed by atoms with Gasteiger partial charge in [0.1, 0.15) is 11.9 Å². The van der Waals surface area contributed by atoms with Crippen LogP contribution in [0.4, 0.5) is 10.1 Å². The summed E-state index contributed by atoms with van der Waals surface area (Å²) in [6.45, 7) is 8.95. The fourth-order valence-corrected chi connectivity index (χ4v) is 2.30. The lowest BCUT2D eigenvalue weighted by Crippen LogP contribution is -2.24. The van der Waals surface area contributed by atoms with Crippen LogP contribution in [0, 0.1) is 17.1 Å². The summed E-state index contributed by atoms with van der Waals surface area (Å²) < 4.78 is 18.3. The number of hydrogen-bond donors (Lipinski definition) is 0. The monoisotopic (exact) mass is 370 g/mol. The van der Waals surface area contributed by atoms with Crippen molar-refractivity contribution in [3.8, 4) is 6.07 Å². The highest BCUT2D eigenvalue weighted by Crippen LogP contribution is 2.44. The normalized spacial score (nSPS) is 14.2. The van der Waals surface area contributed by atoms with Crippen molar-refractivity contribution in [3.05, 3.63) is 29.6 Å². The summed E-state index contributed by atoms with van der Waals surface area (Å²) in [6, 6.07) is 5.82. The Morgan fingerprint density at radius 2 is 1.92 bits per heavy atom. The van der Waals surface area contributed by atoms with Crippen LogP contribution in [0.2, 0.25) is 0 Å². The molecule has 2 rings (SSSR count). The van der Waals surface area contributed by atoms with Crippen LogP contribution in [0.5, 0.6) is 0 Å². The van der Waals surface area contributed by atoms with E-state index in [-0.39, 0.29) is 5.91 Å². The molecule has 0 bridgehead atoms. The number of benzene rings is 1. The highest BCUT2D eigenvalue weighted by molar-refractivity contribution is 8.29. The van der Waals surface area contributed by atoms with Gasteiger partial charge in [-0.3, -0.25) is 4.79 Å². The minimum Gasteiger partial charge on any atom is -0.340 e. The third kappa shape index (κ3) is 7.05. The van der Waals surface area contributed by atoms with Crippen molar-refractivity contribution in [3.63, 3.8) is 0 Å². The van der Waals surface area contributed by atoms with E-state index in [1.807, 2.05) is 19.9 Å². The van der Waals surface area contributed by atoms with Gasteiger partial charge in [0.15, 0.2) is 0 Å². The lowest BCUT2D eigenvalue weighted by molar-refractivity contribution is -0.117. The first-order valence-corrected chi connectivity index (χ1v) is 10.9. The van der Waals surface area contributed by atoms with E-state index >= 15 is 0 Å². The van der Waals surface area contributed by atoms with Crippen LogP contribution in [-0.4, -0.2) is 37.3 Å². The zero-order chi connectivity index (χ0) is 19.6. The molecule has 1 saturated heterocycles. The number of nitriles is 1. The summed E-state index contributed by atoms with van der Waals surface area (Å²) in [6.07, 6.45) is 5.59. The van der Waals surface area contributed by atoms with Crippen molar-refractivity contribution in [2.75, 3.05) is 31.1 Å². The van der Waals surface area contributed by atoms with Crippen molar-refractivity contribution in [2.24, 2.45) is 0 Å². The Kier molecular flexibility index (Phi) is 10.4. The first kappa shape index (κ1) is 23.4. The molecule has 1 aromatic rings. The Labute approximate surface area is 153 Å². The Morgan fingerprint density at radius 1 is 1.32 bits per heavy atom. The van der Waals surface area contributed by atoms with E-state index in [2.05, 4.69) is 26.4 Å². The fraction of sp³-hybridized carbons (Fsp3) is 0.579. The number of nitrogens with zero attached hydrogens (tertiary/aromatic N) is 2. The number of carbonyl (C=O) groups is 1. The summed E-state index contributed by atoms with van der Waals surface area (Å²) in [4.78, 5) is 12.9. The Bertz CT molecular complexity index is 598. The minimum atomic E-state index is -0.736. The van der Waals surface area contributed by atoms with Crippen LogP contribution in [-0.2, 0) is 8.98 Å². The van der Waals surface area contributed by atoms with Crippen molar-refractivity contribution in [1.82, 2.24) is 0 Å². The van der Waals surface area contributed by atoms with Gasteiger partial charge in [-0.2, -0.15) is 5.26 Å². The predicted molar refractivity (Wildman–Crippen MR) is 106 cm³/mol. The Hall–Kier alpha value is -1.58. The van der Waals surface area contributed by atoms with Gasteiger partial charge in [-0.15, -0.1) is 10.3 Å². The smallest absolute Gasteiger partial charge is 0.227 e. The highest BCUT2D eigenvalue weighted by atomic mass is 32.3. The summed E-state index contributed by atoms with van der Waals surface area (Å²) in [7, 11) is 1.05. The molecular formula is C19H31FN2O2S. The van der Waals surface area contributed by atoms with Crippen LogP contribution in [0.15, 0.2) is 18.2 Å². The summed E-state index contributed by atoms with van der Waals surface area (Å²) in [5, 5.41) is 9.52. The molecule has 0 aromatic heterocycles. The third-order valence-corrected chi connectivity index (χ3v) is 7.14. The first-order valence-electron chi connectivity index (χ1n) is 8.50. The largest absolute Gasteiger partial charge is 0.340 e. The van der Waals surface area contributed by atoms with Crippen LogP contribution in [0.25, 0.3) is 0 Å². The van der Waals surface area contributed by atoms with E-state index < -0.39 is 16.1 Å². The molecule has 0 unspecified atom stereocenters. The van der Waals surface area contributed by atoms with Gasteiger partial charge in [0.2, 0.25) is 5.91 Å². The summed E-state index contributed by atoms with van der Waals surface area (Å²) >= 11 is 0. The summed E-state index contributed by atoms with van der Waals surface area (Å²) in [5.41, 5.74) is 0.728. The van der Waals surface area contributed by atoms with Crippen molar-refractivity contribution >= 4 is 21.9 Å². The molecule has 25 heavy (non-hydrogen) atoms. The molecule has 6 heteroatoms. The maximum absolute atomic E-state index is 13.0. The fourth-order valence-electron chi connectivity index (χ4n) is 1.92. The molecular weight excluding hydrogens is 339 g/mol. The van der Waals surface area contributed by atoms with Gasteiger partial charge in [-0.1, -0.05) is 27.7 Å². The maximum atomic E-state index is 13.0. The molecule has 0 radical (unpaired) electrons. The Morgan fingerprint density at radius 3 is 2.28 bits per heavy atom. The van der Waals surface area contributed by atoms with E-state index in [9.17, 15) is 9.18 Å². The first-order chi connectivity index (χ1) is 11.7. The Balaban J connectivity index is 0.000000493. The molecule has 1 fully saturated rings. The molecule has 0 saturated carbocycles. The van der Waals surface area contributed by atoms with E-state index in [4.69, 9.17) is 9.44 Å². The second-order valence-corrected chi connectivity index (χ2v) is 9.84. The van der Waals surface area contributed by atoms with Crippen LogP contribution in [0.3, 0.4) is 0 Å². The van der Waals surface area contributed by atoms with E-state index in [1.165, 1.54) is 23.1 Å². The molecule has 1 aromatic carbocycles. The second-order valence-electron chi connectivity index (χ2n) is 5.95. The highest BCUT2D eigenvalue weighted by Gasteiger charge is 2.24. The topological polar surface area (TPSA) is 53.3 Å². The molecule has 1 amide bonds. The van der Waals surface area contributed by atoms with Gasteiger partial charge in [-0.05, 0) is 37.1 Å². The van der Waals surface area contributed by atoms with Gasteiger partial charge in [-0.25, -0.2) is 4.39 Å². The van der Waals surface area contributed by atoms with Crippen LogP contribution in [0.1, 0.15) is 46.1 Å². The average molecular weight is 371 g/mol. The molecule has 1 aliphatic heterocycles. The lowest BCUT2D eigenvalue weighted by atomic mass is 10.1. The average Bonchev–Trinajstić information content (AvgIpc) is 3.03. The quantitative estimate of drug-likeness (QED) is 0.762. The molecule has 0 spiro atoms. The SMILES string of the molecule is CC.COS(C)(C)C(C)C.N#Cc1ccc(F)cc1N1CCCC1=O. The molecule has 0 atom stereocenters. The number of anilines is 1. The van der Waals surface area contributed by atoms with Crippen LogP contribution < -0.4 is 4.90 Å². The van der Waals surface area contributed by atoms with Gasteiger partial charge in [0.25, 0.3) is 0 Å². The number of halogens is 1.